The fraction of sp³-hybridized carbons (Fsp3) is 0.423. The third kappa shape index (κ3) is 5.04. The van der Waals surface area contributed by atoms with Crippen LogP contribution in [0.15, 0.2) is 54.6 Å². The van der Waals surface area contributed by atoms with Gasteiger partial charge in [0, 0.05) is 5.92 Å². The normalized spacial score (nSPS) is 18.4. The second kappa shape index (κ2) is 9.04. The van der Waals surface area contributed by atoms with Gasteiger partial charge >= 0.3 is 6.09 Å². The van der Waals surface area contributed by atoms with E-state index in [2.05, 4.69) is 0 Å². The van der Waals surface area contributed by atoms with Crippen LogP contribution in [0.25, 0.3) is 0 Å². The number of rotatable bonds is 6. The molecule has 3 rings (SSSR count). The van der Waals surface area contributed by atoms with Crippen molar-refractivity contribution in [3.05, 3.63) is 71.3 Å². The molecule has 2 unspecified atom stereocenters. The predicted octanol–water partition coefficient (Wildman–Crippen LogP) is 4.92. The van der Waals surface area contributed by atoms with Crippen molar-refractivity contribution in [1.29, 1.82) is 0 Å². The average molecular weight is 422 g/mol. The number of benzene rings is 2. The first-order valence-electron chi connectivity index (χ1n) is 10.7. The molecule has 2 aromatic rings. The number of aryl methyl sites for hydroxylation is 1. The molecule has 0 bridgehead atoms. The minimum Gasteiger partial charge on any atom is -0.447 e. The third-order valence-corrected chi connectivity index (χ3v) is 5.88. The van der Waals surface area contributed by atoms with Crippen LogP contribution in [0.2, 0.25) is 0 Å². The van der Waals surface area contributed by atoms with Gasteiger partial charge in [0.05, 0.1) is 6.04 Å². The van der Waals surface area contributed by atoms with Gasteiger partial charge in [-0.1, -0.05) is 80.9 Å². The number of carbonyl (C=O) groups excluding carboxylic acids is 3. The topological polar surface area (TPSA) is 63.7 Å². The maximum atomic E-state index is 13.7. The first-order valence-corrected chi connectivity index (χ1v) is 10.7. The van der Waals surface area contributed by atoms with Gasteiger partial charge in [-0.25, -0.2) is 9.69 Å². The summed E-state index contributed by atoms with van der Waals surface area (Å²) >= 11 is 0. The lowest BCUT2D eigenvalue weighted by atomic mass is 9.67. The maximum Gasteiger partial charge on any atom is 0.417 e. The number of nitrogens with zero attached hydrogens (tertiary/aromatic N) is 1. The van der Waals surface area contributed by atoms with E-state index in [-0.39, 0.29) is 23.7 Å². The fourth-order valence-electron chi connectivity index (χ4n) is 4.52. The molecule has 2 aromatic carbocycles. The molecule has 164 valence electrons. The second-order valence-electron chi connectivity index (χ2n) is 9.47. The summed E-state index contributed by atoms with van der Waals surface area (Å²) in [5, 5.41) is 0. The summed E-state index contributed by atoms with van der Waals surface area (Å²) in [6, 6.07) is 17.1. The molecule has 0 aliphatic carbocycles. The molecule has 1 aliphatic rings. The Balaban J connectivity index is 1.99. The Bertz CT molecular complexity index is 961. The Morgan fingerprint density at radius 3 is 2.35 bits per heavy atom. The predicted molar refractivity (Wildman–Crippen MR) is 120 cm³/mol. The van der Waals surface area contributed by atoms with Crippen LogP contribution in [-0.2, 0) is 20.7 Å². The Kier molecular flexibility index (Phi) is 6.63. The van der Waals surface area contributed by atoms with E-state index in [1.807, 2.05) is 82.3 Å². The minimum atomic E-state index is -0.967. The number of cyclic esters (lactones) is 1. The summed E-state index contributed by atoms with van der Waals surface area (Å²) in [5.74, 6) is -2.06. The van der Waals surface area contributed by atoms with Crippen LogP contribution in [0.1, 0.15) is 50.3 Å². The van der Waals surface area contributed by atoms with E-state index in [1.54, 1.807) is 0 Å². The van der Waals surface area contributed by atoms with Crippen LogP contribution in [-0.4, -0.2) is 35.3 Å². The largest absolute Gasteiger partial charge is 0.447 e. The molecule has 2 amide bonds. The molecular weight excluding hydrogens is 390 g/mol. The number of amides is 2. The highest BCUT2D eigenvalue weighted by atomic mass is 16.6. The van der Waals surface area contributed by atoms with E-state index < -0.39 is 24.0 Å². The quantitative estimate of drug-likeness (QED) is 0.621. The number of ether oxygens (including phenoxy) is 1. The summed E-state index contributed by atoms with van der Waals surface area (Å²) in [5.41, 5.74) is 2.62. The van der Waals surface area contributed by atoms with Crippen LogP contribution in [0.4, 0.5) is 4.79 Å². The lowest BCUT2D eigenvalue weighted by Crippen LogP contribution is -2.48. The maximum absolute atomic E-state index is 13.7. The molecule has 1 saturated heterocycles. The Morgan fingerprint density at radius 1 is 1.10 bits per heavy atom. The third-order valence-electron chi connectivity index (χ3n) is 5.88. The van der Waals surface area contributed by atoms with Gasteiger partial charge in [0.1, 0.15) is 18.3 Å². The molecule has 1 heterocycles. The van der Waals surface area contributed by atoms with E-state index in [0.29, 0.717) is 6.42 Å². The van der Waals surface area contributed by atoms with Crippen molar-refractivity contribution in [2.75, 3.05) is 6.61 Å². The molecule has 31 heavy (non-hydrogen) atoms. The minimum absolute atomic E-state index is 0.134. The zero-order valence-corrected chi connectivity index (χ0v) is 18.9. The molecule has 0 spiro atoms. The van der Waals surface area contributed by atoms with Gasteiger partial charge in [0.15, 0.2) is 0 Å². The lowest BCUT2D eigenvalue weighted by Gasteiger charge is -2.37. The number of ketones is 1. The summed E-state index contributed by atoms with van der Waals surface area (Å²) in [6.07, 6.45) is -0.179. The first kappa shape index (κ1) is 22.7. The molecule has 5 nitrogen and oxygen atoms in total. The van der Waals surface area contributed by atoms with E-state index in [4.69, 9.17) is 4.74 Å². The summed E-state index contributed by atoms with van der Waals surface area (Å²) < 4.78 is 5.25. The monoisotopic (exact) mass is 421 g/mol. The van der Waals surface area contributed by atoms with E-state index in [0.717, 1.165) is 16.7 Å². The zero-order valence-electron chi connectivity index (χ0n) is 18.9. The van der Waals surface area contributed by atoms with Crippen LogP contribution in [0.3, 0.4) is 0 Å². The van der Waals surface area contributed by atoms with E-state index in [9.17, 15) is 14.4 Å². The highest BCUT2D eigenvalue weighted by Gasteiger charge is 2.47. The zero-order chi connectivity index (χ0) is 22.8. The Morgan fingerprint density at radius 2 is 1.77 bits per heavy atom. The smallest absolute Gasteiger partial charge is 0.417 e. The molecule has 3 atom stereocenters. The molecule has 0 N–H and O–H groups in total. The van der Waals surface area contributed by atoms with E-state index >= 15 is 0 Å². The van der Waals surface area contributed by atoms with Gasteiger partial charge in [0.2, 0.25) is 5.91 Å². The van der Waals surface area contributed by atoms with E-state index in [1.165, 1.54) is 11.8 Å². The van der Waals surface area contributed by atoms with Gasteiger partial charge in [-0.15, -0.1) is 0 Å². The first-order chi connectivity index (χ1) is 14.6. The van der Waals surface area contributed by atoms with Crippen molar-refractivity contribution in [3.63, 3.8) is 0 Å². The second-order valence-corrected chi connectivity index (χ2v) is 9.47. The lowest BCUT2D eigenvalue weighted by molar-refractivity contribution is -0.141. The highest BCUT2D eigenvalue weighted by molar-refractivity contribution is 6.06. The van der Waals surface area contributed by atoms with Gasteiger partial charge in [-0.05, 0) is 36.8 Å². The summed E-state index contributed by atoms with van der Waals surface area (Å²) in [4.78, 5) is 40.4. The van der Waals surface area contributed by atoms with Gasteiger partial charge in [-0.3, -0.25) is 9.59 Å². The van der Waals surface area contributed by atoms with Crippen molar-refractivity contribution in [2.45, 2.75) is 53.0 Å². The van der Waals surface area contributed by atoms with Crippen LogP contribution in [0, 0.1) is 18.3 Å². The number of hydrogen-bond donors (Lipinski definition) is 0. The Labute approximate surface area is 184 Å². The SMILES string of the molecule is CC(=O)C(C(=O)N1C(=O)OCC1Cc1ccccc1)[C@H](c1cccc(C)c1)C(C)(C)C. The molecule has 0 radical (unpaired) electrons. The summed E-state index contributed by atoms with van der Waals surface area (Å²) in [6.45, 7) is 9.62. The molecule has 1 fully saturated rings. The molecule has 5 heteroatoms. The van der Waals surface area contributed by atoms with Gasteiger partial charge < -0.3 is 4.74 Å². The standard InChI is InChI=1S/C26H31NO4/c1-17-10-9-13-20(14-17)23(26(3,4)5)22(18(2)28)24(29)27-21(16-31-25(27)30)15-19-11-7-6-8-12-19/h6-14,21-23H,15-16H2,1-5H3/t21?,22?,23-/m0/s1. The van der Waals surface area contributed by atoms with Crippen LogP contribution >= 0.6 is 0 Å². The van der Waals surface area contributed by atoms with Gasteiger partial charge in [0.25, 0.3) is 0 Å². The average Bonchev–Trinajstić information content (AvgIpc) is 3.05. The molecule has 0 saturated carbocycles. The van der Waals surface area contributed by atoms with Crippen molar-refractivity contribution in [2.24, 2.45) is 11.3 Å². The molecule has 0 aromatic heterocycles. The number of carbonyl (C=O) groups is 3. The number of Topliss-reactive ketones (excluding diaryl/α,β-unsaturated/α-hetero) is 1. The molecular formula is C26H31NO4. The number of hydrogen-bond acceptors (Lipinski definition) is 4. The highest BCUT2D eigenvalue weighted by Crippen LogP contribution is 2.43. The fourth-order valence-corrected chi connectivity index (χ4v) is 4.52. The van der Waals surface area contributed by atoms with Crippen molar-refractivity contribution < 1.29 is 19.1 Å². The van der Waals surface area contributed by atoms with Gasteiger partial charge in [-0.2, -0.15) is 0 Å². The van der Waals surface area contributed by atoms with Crippen molar-refractivity contribution in [3.8, 4) is 0 Å². The number of imide groups is 1. The van der Waals surface area contributed by atoms with Crippen LogP contribution in [0.5, 0.6) is 0 Å². The Hall–Kier alpha value is -2.95. The van der Waals surface area contributed by atoms with Crippen molar-refractivity contribution >= 4 is 17.8 Å². The summed E-state index contributed by atoms with van der Waals surface area (Å²) in [7, 11) is 0. The van der Waals surface area contributed by atoms with Crippen molar-refractivity contribution in [1.82, 2.24) is 4.90 Å². The molecule has 1 aliphatic heterocycles. The van der Waals surface area contributed by atoms with Crippen LogP contribution < -0.4 is 0 Å².